The molecule has 1 aliphatic carbocycles. The van der Waals surface area contributed by atoms with Gasteiger partial charge in [0.25, 0.3) is 0 Å². The molecule has 3 unspecified atom stereocenters. The predicted molar refractivity (Wildman–Crippen MR) is 90.5 cm³/mol. The molecule has 1 fully saturated rings. The van der Waals surface area contributed by atoms with Gasteiger partial charge in [0.05, 0.1) is 0 Å². The van der Waals surface area contributed by atoms with Gasteiger partial charge in [-0.25, -0.2) is 0 Å². The standard InChI is InChI=1S/C19H26N2/c1-14-10-18(14)12-21(3)13-19(20-2)17-9-8-15-6-4-5-7-16(15)11-17/h4-9,11,14,18-20H,10,12-13H2,1-3H3. The molecule has 1 aliphatic rings. The van der Waals surface area contributed by atoms with Crippen LogP contribution in [0, 0.1) is 11.8 Å². The van der Waals surface area contributed by atoms with Crippen molar-refractivity contribution in [1.29, 1.82) is 0 Å². The average molecular weight is 282 g/mol. The SMILES string of the molecule is CNC(CN(C)CC1CC1C)c1ccc2ccccc2c1. The van der Waals surface area contributed by atoms with E-state index in [1.54, 1.807) is 0 Å². The van der Waals surface area contributed by atoms with E-state index in [0.717, 1.165) is 18.4 Å². The second-order valence-electron chi connectivity index (χ2n) is 6.64. The van der Waals surface area contributed by atoms with Crippen LogP contribution in [-0.2, 0) is 0 Å². The van der Waals surface area contributed by atoms with Crippen molar-refractivity contribution in [2.24, 2.45) is 11.8 Å². The van der Waals surface area contributed by atoms with Gasteiger partial charge in [-0.15, -0.1) is 0 Å². The Kier molecular flexibility index (Phi) is 4.27. The lowest BCUT2D eigenvalue weighted by molar-refractivity contribution is 0.282. The minimum Gasteiger partial charge on any atom is -0.312 e. The van der Waals surface area contributed by atoms with E-state index >= 15 is 0 Å². The molecular formula is C19H26N2. The van der Waals surface area contributed by atoms with Crippen molar-refractivity contribution in [1.82, 2.24) is 10.2 Å². The van der Waals surface area contributed by atoms with Crippen LogP contribution in [0.5, 0.6) is 0 Å². The van der Waals surface area contributed by atoms with E-state index < -0.39 is 0 Å². The Hall–Kier alpha value is -1.38. The second-order valence-corrected chi connectivity index (χ2v) is 6.64. The van der Waals surface area contributed by atoms with Crippen molar-refractivity contribution < 1.29 is 0 Å². The Morgan fingerprint density at radius 3 is 2.57 bits per heavy atom. The number of hydrogen-bond acceptors (Lipinski definition) is 2. The molecule has 2 nitrogen and oxygen atoms in total. The molecule has 0 heterocycles. The van der Waals surface area contributed by atoms with E-state index in [0.29, 0.717) is 6.04 Å². The molecule has 2 heteroatoms. The monoisotopic (exact) mass is 282 g/mol. The normalized spacial score (nSPS) is 22.7. The summed E-state index contributed by atoms with van der Waals surface area (Å²) in [7, 11) is 4.31. The lowest BCUT2D eigenvalue weighted by atomic mass is 10.0. The van der Waals surface area contributed by atoms with Crippen LogP contribution in [0.4, 0.5) is 0 Å². The summed E-state index contributed by atoms with van der Waals surface area (Å²) in [4.78, 5) is 2.48. The number of rotatable bonds is 6. The van der Waals surface area contributed by atoms with E-state index in [4.69, 9.17) is 0 Å². The Balaban J connectivity index is 1.71. The number of likely N-dealkylation sites (N-methyl/N-ethyl adjacent to an activating group) is 2. The first-order chi connectivity index (χ1) is 10.2. The molecule has 0 saturated heterocycles. The lowest BCUT2D eigenvalue weighted by Gasteiger charge is -2.24. The van der Waals surface area contributed by atoms with E-state index in [1.165, 1.54) is 29.3 Å². The second kappa shape index (κ2) is 6.17. The Morgan fingerprint density at radius 1 is 1.19 bits per heavy atom. The maximum atomic E-state index is 3.48. The van der Waals surface area contributed by atoms with Crippen molar-refractivity contribution in [3.8, 4) is 0 Å². The molecule has 0 spiro atoms. The molecule has 1 saturated carbocycles. The highest BCUT2D eigenvalue weighted by Gasteiger charge is 2.33. The van der Waals surface area contributed by atoms with Gasteiger partial charge in [0, 0.05) is 19.1 Å². The van der Waals surface area contributed by atoms with Gasteiger partial charge < -0.3 is 10.2 Å². The van der Waals surface area contributed by atoms with Crippen LogP contribution in [0.1, 0.15) is 24.9 Å². The van der Waals surface area contributed by atoms with Crippen molar-refractivity contribution in [3.05, 3.63) is 48.0 Å². The summed E-state index contributed by atoms with van der Waals surface area (Å²) in [5.74, 6) is 1.85. The van der Waals surface area contributed by atoms with E-state index in [-0.39, 0.29) is 0 Å². The summed E-state index contributed by atoms with van der Waals surface area (Å²) in [6.07, 6.45) is 1.41. The number of benzene rings is 2. The molecule has 112 valence electrons. The number of nitrogens with one attached hydrogen (secondary N) is 1. The van der Waals surface area contributed by atoms with Gasteiger partial charge in [-0.3, -0.25) is 0 Å². The van der Waals surface area contributed by atoms with Crippen molar-refractivity contribution in [2.75, 3.05) is 27.2 Å². The van der Waals surface area contributed by atoms with Gasteiger partial charge in [0.2, 0.25) is 0 Å². The van der Waals surface area contributed by atoms with E-state index in [1.807, 2.05) is 0 Å². The molecular weight excluding hydrogens is 256 g/mol. The highest BCUT2D eigenvalue weighted by Crippen LogP contribution is 2.38. The minimum absolute atomic E-state index is 0.397. The zero-order valence-corrected chi connectivity index (χ0v) is 13.3. The fourth-order valence-corrected chi connectivity index (χ4v) is 3.23. The lowest BCUT2D eigenvalue weighted by Crippen LogP contribution is -2.32. The number of hydrogen-bond donors (Lipinski definition) is 1. The predicted octanol–water partition coefficient (Wildman–Crippen LogP) is 3.69. The summed E-state index contributed by atoms with van der Waals surface area (Å²) in [5, 5.41) is 6.12. The summed E-state index contributed by atoms with van der Waals surface area (Å²) in [5.41, 5.74) is 1.38. The molecule has 0 aromatic heterocycles. The first kappa shape index (κ1) is 14.6. The van der Waals surface area contributed by atoms with Crippen LogP contribution < -0.4 is 5.32 Å². The molecule has 1 N–H and O–H groups in total. The number of nitrogens with zero attached hydrogens (tertiary/aromatic N) is 1. The van der Waals surface area contributed by atoms with E-state index in [2.05, 4.69) is 73.7 Å². The van der Waals surface area contributed by atoms with Crippen LogP contribution in [0.15, 0.2) is 42.5 Å². The van der Waals surface area contributed by atoms with Gasteiger partial charge in [0.15, 0.2) is 0 Å². The molecule has 0 aliphatic heterocycles. The molecule has 0 bridgehead atoms. The summed E-state index contributed by atoms with van der Waals surface area (Å²) < 4.78 is 0. The molecule has 3 atom stereocenters. The van der Waals surface area contributed by atoms with Crippen LogP contribution in [0.2, 0.25) is 0 Å². The van der Waals surface area contributed by atoms with Gasteiger partial charge in [-0.1, -0.05) is 43.3 Å². The fraction of sp³-hybridized carbons (Fsp3) is 0.474. The minimum atomic E-state index is 0.397. The van der Waals surface area contributed by atoms with Gasteiger partial charge in [0.1, 0.15) is 0 Å². The summed E-state index contributed by atoms with van der Waals surface area (Å²) in [6, 6.07) is 15.8. The first-order valence-electron chi connectivity index (χ1n) is 8.02. The van der Waals surface area contributed by atoms with Crippen molar-refractivity contribution >= 4 is 10.8 Å². The molecule has 0 radical (unpaired) electrons. The van der Waals surface area contributed by atoms with Crippen LogP contribution in [-0.4, -0.2) is 32.1 Å². The van der Waals surface area contributed by atoms with Crippen LogP contribution >= 0.6 is 0 Å². The van der Waals surface area contributed by atoms with Crippen LogP contribution in [0.25, 0.3) is 10.8 Å². The van der Waals surface area contributed by atoms with Crippen molar-refractivity contribution in [3.63, 3.8) is 0 Å². The Bertz CT molecular complexity index is 607. The zero-order chi connectivity index (χ0) is 14.8. The van der Waals surface area contributed by atoms with Gasteiger partial charge in [-0.2, -0.15) is 0 Å². The molecule has 3 rings (SSSR count). The molecule has 2 aromatic carbocycles. The fourth-order valence-electron chi connectivity index (χ4n) is 3.23. The highest BCUT2D eigenvalue weighted by atomic mass is 15.1. The van der Waals surface area contributed by atoms with E-state index in [9.17, 15) is 0 Å². The molecule has 21 heavy (non-hydrogen) atoms. The first-order valence-corrected chi connectivity index (χ1v) is 8.02. The smallest absolute Gasteiger partial charge is 0.0446 e. The largest absolute Gasteiger partial charge is 0.312 e. The number of fused-ring (bicyclic) bond motifs is 1. The van der Waals surface area contributed by atoms with Crippen LogP contribution in [0.3, 0.4) is 0 Å². The van der Waals surface area contributed by atoms with Crippen molar-refractivity contribution in [2.45, 2.75) is 19.4 Å². The molecule has 0 amide bonds. The quantitative estimate of drug-likeness (QED) is 0.869. The average Bonchev–Trinajstić information content (AvgIpc) is 3.19. The third-order valence-electron chi connectivity index (χ3n) is 4.84. The van der Waals surface area contributed by atoms with Gasteiger partial charge in [-0.05, 0) is 54.8 Å². The topological polar surface area (TPSA) is 15.3 Å². The maximum Gasteiger partial charge on any atom is 0.0446 e. The summed E-state index contributed by atoms with van der Waals surface area (Å²) in [6.45, 7) is 4.66. The van der Waals surface area contributed by atoms with Gasteiger partial charge >= 0.3 is 0 Å². The molecule has 2 aromatic rings. The highest BCUT2D eigenvalue weighted by molar-refractivity contribution is 5.83. The Morgan fingerprint density at radius 2 is 1.90 bits per heavy atom. The third kappa shape index (κ3) is 3.45. The Labute approximate surface area is 128 Å². The third-order valence-corrected chi connectivity index (χ3v) is 4.84. The zero-order valence-electron chi connectivity index (χ0n) is 13.3. The summed E-state index contributed by atoms with van der Waals surface area (Å²) >= 11 is 0. The maximum absolute atomic E-state index is 3.48.